The van der Waals surface area contributed by atoms with Crippen LogP contribution in [0, 0.1) is 12.8 Å². The first-order valence-electron chi connectivity index (χ1n) is 7.90. The number of thiazole rings is 1. The number of carbonyl (C=O) groups excluding carboxylic acids is 1. The number of carboxylic acids is 1. The zero-order chi connectivity index (χ0) is 17.7. The van der Waals surface area contributed by atoms with E-state index in [1.807, 2.05) is 37.3 Å². The van der Waals surface area contributed by atoms with Gasteiger partial charge in [0, 0.05) is 6.42 Å². The third kappa shape index (κ3) is 4.89. The molecule has 128 valence electrons. The molecule has 1 unspecified atom stereocenters. The van der Waals surface area contributed by atoms with E-state index in [9.17, 15) is 14.7 Å². The molecular weight excluding hydrogens is 324 g/mol. The summed E-state index contributed by atoms with van der Waals surface area (Å²) in [6.07, 6.45) is 0.947. The Morgan fingerprint density at radius 3 is 2.46 bits per heavy atom. The standard InChI is InChI=1S/C18H22N2O3S/c1-11(2)9-14-16(24-12(3)19-14)17(21)20-15(18(22)23)10-13-7-5-4-6-8-13/h4-8,11,15H,9-10H2,1-3H3,(H,20,21)(H,22,23). The first-order chi connectivity index (χ1) is 11.4. The van der Waals surface area contributed by atoms with Gasteiger partial charge in [-0.05, 0) is 24.8 Å². The van der Waals surface area contributed by atoms with Crippen molar-refractivity contribution in [1.82, 2.24) is 10.3 Å². The summed E-state index contributed by atoms with van der Waals surface area (Å²) < 4.78 is 0. The number of carboxylic acid groups (broad SMARTS) is 1. The quantitative estimate of drug-likeness (QED) is 0.807. The number of carbonyl (C=O) groups is 2. The molecule has 0 fully saturated rings. The lowest BCUT2D eigenvalue weighted by Crippen LogP contribution is -2.42. The lowest BCUT2D eigenvalue weighted by Gasteiger charge is -2.14. The second-order valence-electron chi connectivity index (χ2n) is 6.16. The molecule has 1 amide bonds. The minimum atomic E-state index is -1.04. The molecule has 5 nitrogen and oxygen atoms in total. The number of benzene rings is 1. The number of nitrogens with one attached hydrogen (secondary N) is 1. The van der Waals surface area contributed by atoms with E-state index in [1.54, 1.807) is 0 Å². The summed E-state index contributed by atoms with van der Waals surface area (Å²) in [6, 6.07) is 8.31. The highest BCUT2D eigenvalue weighted by Gasteiger charge is 2.24. The molecule has 0 bridgehead atoms. The molecule has 0 aliphatic rings. The average molecular weight is 346 g/mol. The van der Waals surface area contributed by atoms with Gasteiger partial charge in [-0.15, -0.1) is 11.3 Å². The number of nitrogens with zero attached hydrogens (tertiary/aromatic N) is 1. The molecule has 0 saturated heterocycles. The molecule has 1 atom stereocenters. The third-order valence-electron chi connectivity index (χ3n) is 3.50. The Morgan fingerprint density at radius 1 is 1.21 bits per heavy atom. The van der Waals surface area contributed by atoms with Crippen molar-refractivity contribution in [1.29, 1.82) is 0 Å². The van der Waals surface area contributed by atoms with E-state index in [0.29, 0.717) is 17.2 Å². The molecule has 2 rings (SSSR count). The van der Waals surface area contributed by atoms with Crippen LogP contribution in [0.1, 0.15) is 39.8 Å². The van der Waals surface area contributed by atoms with Gasteiger partial charge in [-0.3, -0.25) is 4.79 Å². The molecule has 6 heteroatoms. The van der Waals surface area contributed by atoms with Crippen LogP contribution in [0.25, 0.3) is 0 Å². The van der Waals surface area contributed by atoms with Crippen LogP contribution >= 0.6 is 11.3 Å². The predicted molar refractivity (Wildman–Crippen MR) is 94.4 cm³/mol. The number of rotatable bonds is 7. The van der Waals surface area contributed by atoms with Gasteiger partial charge in [0.25, 0.3) is 5.91 Å². The molecule has 2 aromatic rings. The second kappa shape index (κ2) is 8.06. The van der Waals surface area contributed by atoms with E-state index in [-0.39, 0.29) is 12.3 Å². The number of aromatic nitrogens is 1. The van der Waals surface area contributed by atoms with Crippen LogP contribution in [-0.4, -0.2) is 28.0 Å². The van der Waals surface area contributed by atoms with Gasteiger partial charge < -0.3 is 10.4 Å². The van der Waals surface area contributed by atoms with Crippen LogP contribution in [0.4, 0.5) is 0 Å². The predicted octanol–water partition coefficient (Wildman–Crippen LogP) is 3.08. The van der Waals surface area contributed by atoms with E-state index < -0.39 is 12.0 Å². The number of hydrogen-bond donors (Lipinski definition) is 2. The Morgan fingerprint density at radius 2 is 1.88 bits per heavy atom. The molecule has 24 heavy (non-hydrogen) atoms. The van der Waals surface area contributed by atoms with E-state index in [4.69, 9.17) is 0 Å². The van der Waals surface area contributed by atoms with Crippen molar-refractivity contribution >= 4 is 23.2 Å². The van der Waals surface area contributed by atoms with Crippen molar-refractivity contribution in [3.8, 4) is 0 Å². The van der Waals surface area contributed by atoms with Gasteiger partial charge in [0.05, 0.1) is 10.7 Å². The second-order valence-corrected chi connectivity index (χ2v) is 7.36. The molecule has 1 heterocycles. The number of aryl methyl sites for hydroxylation is 1. The number of aliphatic carboxylic acids is 1. The van der Waals surface area contributed by atoms with Gasteiger partial charge in [0.1, 0.15) is 10.9 Å². The van der Waals surface area contributed by atoms with Crippen molar-refractivity contribution in [3.63, 3.8) is 0 Å². The number of hydrogen-bond acceptors (Lipinski definition) is 4. The highest BCUT2D eigenvalue weighted by Crippen LogP contribution is 2.21. The van der Waals surface area contributed by atoms with Crippen LogP contribution in [0.15, 0.2) is 30.3 Å². The smallest absolute Gasteiger partial charge is 0.326 e. The minimum absolute atomic E-state index is 0.249. The van der Waals surface area contributed by atoms with Crippen molar-refractivity contribution in [3.05, 3.63) is 51.5 Å². The van der Waals surface area contributed by atoms with Crippen LogP contribution in [0.2, 0.25) is 0 Å². The highest BCUT2D eigenvalue weighted by atomic mass is 32.1. The summed E-state index contributed by atoms with van der Waals surface area (Å²) in [7, 11) is 0. The van der Waals surface area contributed by atoms with Gasteiger partial charge in [-0.2, -0.15) is 0 Å². The maximum absolute atomic E-state index is 12.6. The third-order valence-corrected chi connectivity index (χ3v) is 4.51. The van der Waals surface area contributed by atoms with Crippen LogP contribution in [-0.2, 0) is 17.6 Å². The van der Waals surface area contributed by atoms with Crippen molar-refractivity contribution in [2.45, 2.75) is 39.7 Å². The summed E-state index contributed by atoms with van der Waals surface area (Å²) in [4.78, 5) is 29.0. The van der Waals surface area contributed by atoms with Crippen molar-refractivity contribution in [2.75, 3.05) is 0 Å². The Kier molecular flexibility index (Phi) is 6.09. The number of amides is 1. The van der Waals surface area contributed by atoms with Crippen LogP contribution in [0.3, 0.4) is 0 Å². The highest BCUT2D eigenvalue weighted by molar-refractivity contribution is 7.13. The fourth-order valence-corrected chi connectivity index (χ4v) is 3.30. The van der Waals surface area contributed by atoms with Gasteiger partial charge >= 0.3 is 5.97 Å². The Balaban J connectivity index is 2.15. The molecule has 1 aromatic carbocycles. The van der Waals surface area contributed by atoms with E-state index in [2.05, 4.69) is 24.1 Å². The maximum atomic E-state index is 12.6. The van der Waals surface area contributed by atoms with E-state index >= 15 is 0 Å². The minimum Gasteiger partial charge on any atom is -0.480 e. The van der Waals surface area contributed by atoms with E-state index in [0.717, 1.165) is 16.3 Å². The Bertz CT molecular complexity index is 710. The summed E-state index contributed by atoms with van der Waals surface area (Å²) in [6.45, 7) is 5.97. The van der Waals surface area contributed by atoms with Gasteiger partial charge in [0.2, 0.25) is 0 Å². The molecule has 2 N–H and O–H groups in total. The molecule has 0 aliphatic carbocycles. The molecular formula is C18H22N2O3S. The SMILES string of the molecule is Cc1nc(CC(C)C)c(C(=O)NC(Cc2ccccc2)C(=O)O)s1. The zero-order valence-electron chi connectivity index (χ0n) is 14.1. The van der Waals surface area contributed by atoms with Crippen molar-refractivity contribution in [2.24, 2.45) is 5.92 Å². The van der Waals surface area contributed by atoms with Gasteiger partial charge in [0.15, 0.2) is 0 Å². The van der Waals surface area contributed by atoms with Gasteiger partial charge in [-0.1, -0.05) is 44.2 Å². The average Bonchev–Trinajstić information content (AvgIpc) is 2.87. The summed E-state index contributed by atoms with van der Waals surface area (Å²) in [5.41, 5.74) is 1.61. The maximum Gasteiger partial charge on any atom is 0.326 e. The Hall–Kier alpha value is -2.21. The van der Waals surface area contributed by atoms with Gasteiger partial charge in [-0.25, -0.2) is 9.78 Å². The fraction of sp³-hybridized carbons (Fsp3) is 0.389. The first-order valence-corrected chi connectivity index (χ1v) is 8.72. The summed E-state index contributed by atoms with van der Waals surface area (Å²) in [5.74, 6) is -1.03. The first kappa shape index (κ1) is 18.1. The lowest BCUT2D eigenvalue weighted by atomic mass is 10.1. The molecule has 0 radical (unpaired) electrons. The molecule has 0 aliphatic heterocycles. The molecule has 0 spiro atoms. The summed E-state index contributed by atoms with van der Waals surface area (Å²) in [5, 5.41) is 12.9. The van der Waals surface area contributed by atoms with Crippen LogP contribution in [0.5, 0.6) is 0 Å². The lowest BCUT2D eigenvalue weighted by molar-refractivity contribution is -0.139. The zero-order valence-corrected chi connectivity index (χ0v) is 14.9. The molecule has 0 saturated carbocycles. The van der Waals surface area contributed by atoms with E-state index in [1.165, 1.54) is 11.3 Å². The fourth-order valence-electron chi connectivity index (χ4n) is 2.45. The normalized spacial score (nSPS) is 12.2. The summed E-state index contributed by atoms with van der Waals surface area (Å²) >= 11 is 1.31. The Labute approximate surface area is 145 Å². The van der Waals surface area contributed by atoms with Crippen molar-refractivity contribution < 1.29 is 14.7 Å². The largest absolute Gasteiger partial charge is 0.480 e. The van der Waals surface area contributed by atoms with Crippen LogP contribution < -0.4 is 5.32 Å². The topological polar surface area (TPSA) is 79.3 Å². The molecule has 1 aromatic heterocycles. The monoisotopic (exact) mass is 346 g/mol.